The lowest BCUT2D eigenvalue weighted by Crippen LogP contribution is -2.39. The number of rotatable bonds is 4. The molecule has 5 heteroatoms. The molecule has 1 N–H and O–H groups in total. The van der Waals surface area contributed by atoms with Gasteiger partial charge in [-0.2, -0.15) is 5.10 Å². The van der Waals surface area contributed by atoms with Crippen LogP contribution in [0.5, 0.6) is 0 Å². The summed E-state index contributed by atoms with van der Waals surface area (Å²) in [5.74, 6) is 0.693. The van der Waals surface area contributed by atoms with Gasteiger partial charge in [0.1, 0.15) is 5.52 Å². The highest BCUT2D eigenvalue weighted by atomic mass is 16.1. The van der Waals surface area contributed by atoms with Crippen LogP contribution in [-0.4, -0.2) is 27.3 Å². The molecule has 2 aromatic rings. The van der Waals surface area contributed by atoms with Crippen LogP contribution in [0.2, 0.25) is 0 Å². The fraction of sp³-hybridized carbons (Fsp3) is 0.571. The van der Waals surface area contributed by atoms with Gasteiger partial charge in [0, 0.05) is 25.0 Å². The van der Waals surface area contributed by atoms with Crippen molar-refractivity contribution in [3.05, 3.63) is 35.0 Å². The number of likely N-dealkylation sites (N-methyl/N-ethyl adjacent to an activating group) is 1. The van der Waals surface area contributed by atoms with Gasteiger partial charge in [-0.1, -0.05) is 12.8 Å². The van der Waals surface area contributed by atoms with Crippen molar-refractivity contribution in [3.63, 3.8) is 0 Å². The van der Waals surface area contributed by atoms with Gasteiger partial charge in [-0.25, -0.2) is 4.52 Å². The number of hydrogen-bond donors (Lipinski definition) is 1. The van der Waals surface area contributed by atoms with Crippen molar-refractivity contribution in [2.75, 3.05) is 7.05 Å². The Balaban J connectivity index is 1.87. The minimum Gasteiger partial charge on any atom is -0.315 e. The van der Waals surface area contributed by atoms with E-state index in [2.05, 4.69) is 10.4 Å². The minimum absolute atomic E-state index is 0.0400. The summed E-state index contributed by atoms with van der Waals surface area (Å²) in [6.07, 6.45) is 10.5. The quantitative estimate of drug-likeness (QED) is 0.901. The molecular weight excluding hydrogens is 240 g/mol. The fourth-order valence-electron chi connectivity index (χ4n) is 3.15. The molecule has 0 saturated heterocycles. The first-order valence-corrected chi connectivity index (χ1v) is 6.99. The van der Waals surface area contributed by atoms with Crippen molar-refractivity contribution < 1.29 is 0 Å². The minimum atomic E-state index is 0.0400. The SMILES string of the molecule is CNC(Cn1ccn2nccc2c1=O)C1CCCC1. The Morgan fingerprint density at radius 1 is 1.42 bits per heavy atom. The zero-order chi connectivity index (χ0) is 13.2. The lowest BCUT2D eigenvalue weighted by Gasteiger charge is -2.23. The summed E-state index contributed by atoms with van der Waals surface area (Å²) in [6, 6.07) is 2.15. The number of aromatic nitrogens is 3. The first kappa shape index (κ1) is 12.4. The van der Waals surface area contributed by atoms with E-state index in [1.165, 1.54) is 25.7 Å². The Morgan fingerprint density at radius 2 is 2.21 bits per heavy atom. The van der Waals surface area contributed by atoms with Crippen LogP contribution in [-0.2, 0) is 6.54 Å². The predicted octanol–water partition coefficient (Wildman–Crippen LogP) is 1.27. The molecule has 1 saturated carbocycles. The topological polar surface area (TPSA) is 51.3 Å². The molecule has 1 aliphatic rings. The number of nitrogens with one attached hydrogen (secondary N) is 1. The van der Waals surface area contributed by atoms with Crippen molar-refractivity contribution >= 4 is 5.52 Å². The Labute approximate surface area is 112 Å². The van der Waals surface area contributed by atoms with E-state index < -0.39 is 0 Å². The number of nitrogens with zero attached hydrogens (tertiary/aromatic N) is 3. The summed E-state index contributed by atoms with van der Waals surface area (Å²) in [5.41, 5.74) is 0.682. The molecule has 0 spiro atoms. The van der Waals surface area contributed by atoms with Gasteiger partial charge >= 0.3 is 0 Å². The monoisotopic (exact) mass is 260 g/mol. The van der Waals surface area contributed by atoms with Crippen molar-refractivity contribution in [3.8, 4) is 0 Å². The Bertz CT molecular complexity index is 609. The molecule has 0 bridgehead atoms. The first-order chi connectivity index (χ1) is 9.29. The van der Waals surface area contributed by atoms with E-state index in [4.69, 9.17) is 0 Å². The second kappa shape index (κ2) is 5.17. The van der Waals surface area contributed by atoms with E-state index in [0.29, 0.717) is 17.5 Å². The number of fused-ring (bicyclic) bond motifs is 1. The summed E-state index contributed by atoms with van der Waals surface area (Å²) in [5, 5.41) is 7.46. The molecule has 0 aromatic carbocycles. The van der Waals surface area contributed by atoms with Crippen LogP contribution in [0.1, 0.15) is 25.7 Å². The molecule has 5 nitrogen and oxygen atoms in total. The Morgan fingerprint density at radius 3 is 2.95 bits per heavy atom. The molecule has 2 heterocycles. The standard InChI is InChI=1S/C14H20N4O/c1-15-12(11-4-2-3-5-11)10-17-8-9-18-13(14(17)19)6-7-16-18/h6-9,11-12,15H,2-5,10H2,1H3. The van der Waals surface area contributed by atoms with Crippen LogP contribution in [0, 0.1) is 5.92 Å². The fourth-order valence-corrected chi connectivity index (χ4v) is 3.15. The van der Waals surface area contributed by atoms with E-state index in [9.17, 15) is 4.79 Å². The summed E-state index contributed by atoms with van der Waals surface area (Å²) < 4.78 is 3.43. The number of hydrogen-bond acceptors (Lipinski definition) is 3. The second-order valence-corrected chi connectivity index (χ2v) is 5.36. The largest absolute Gasteiger partial charge is 0.315 e. The molecule has 0 aliphatic heterocycles. The summed E-state index contributed by atoms with van der Waals surface area (Å²) in [4.78, 5) is 12.3. The summed E-state index contributed by atoms with van der Waals surface area (Å²) in [7, 11) is 1.99. The summed E-state index contributed by atoms with van der Waals surface area (Å²) in [6.45, 7) is 0.738. The molecule has 1 fully saturated rings. The molecule has 1 atom stereocenters. The van der Waals surface area contributed by atoms with Gasteiger partial charge in [-0.3, -0.25) is 4.79 Å². The van der Waals surface area contributed by atoms with E-state index in [-0.39, 0.29) is 5.56 Å². The maximum Gasteiger partial charge on any atom is 0.276 e. The predicted molar refractivity (Wildman–Crippen MR) is 74.3 cm³/mol. The average molecular weight is 260 g/mol. The zero-order valence-electron chi connectivity index (χ0n) is 11.2. The normalized spacial score (nSPS) is 18.2. The van der Waals surface area contributed by atoms with Crippen molar-refractivity contribution in [1.29, 1.82) is 0 Å². The van der Waals surface area contributed by atoms with E-state index in [1.807, 2.05) is 19.4 Å². The van der Waals surface area contributed by atoms with Crippen molar-refractivity contribution in [2.24, 2.45) is 5.92 Å². The van der Waals surface area contributed by atoms with E-state index >= 15 is 0 Å². The van der Waals surface area contributed by atoms with Gasteiger partial charge < -0.3 is 9.88 Å². The molecule has 19 heavy (non-hydrogen) atoms. The Kier molecular flexibility index (Phi) is 3.38. The third-order valence-corrected chi connectivity index (χ3v) is 4.27. The van der Waals surface area contributed by atoms with Gasteiger partial charge in [0.25, 0.3) is 5.56 Å². The van der Waals surface area contributed by atoms with Crippen LogP contribution < -0.4 is 10.9 Å². The van der Waals surface area contributed by atoms with Gasteiger partial charge in [-0.05, 0) is 31.9 Å². The van der Waals surface area contributed by atoms with E-state index in [0.717, 1.165) is 6.54 Å². The molecule has 102 valence electrons. The maximum atomic E-state index is 12.3. The smallest absolute Gasteiger partial charge is 0.276 e. The molecular formula is C14H20N4O. The molecule has 1 unspecified atom stereocenters. The third kappa shape index (κ3) is 2.30. The van der Waals surface area contributed by atoms with Crippen LogP contribution >= 0.6 is 0 Å². The van der Waals surface area contributed by atoms with Crippen LogP contribution in [0.4, 0.5) is 0 Å². The van der Waals surface area contributed by atoms with Crippen molar-refractivity contribution in [2.45, 2.75) is 38.3 Å². The highest BCUT2D eigenvalue weighted by Crippen LogP contribution is 2.28. The molecule has 0 radical (unpaired) electrons. The Hall–Kier alpha value is -1.62. The molecule has 1 aliphatic carbocycles. The second-order valence-electron chi connectivity index (χ2n) is 5.36. The average Bonchev–Trinajstić information content (AvgIpc) is 3.09. The highest BCUT2D eigenvalue weighted by Gasteiger charge is 2.24. The summed E-state index contributed by atoms with van der Waals surface area (Å²) >= 11 is 0. The van der Waals surface area contributed by atoms with Gasteiger partial charge in [0.15, 0.2) is 0 Å². The van der Waals surface area contributed by atoms with Gasteiger partial charge in [-0.15, -0.1) is 0 Å². The van der Waals surface area contributed by atoms with Crippen LogP contribution in [0.3, 0.4) is 0 Å². The lowest BCUT2D eigenvalue weighted by molar-refractivity contribution is 0.337. The van der Waals surface area contributed by atoms with Gasteiger partial charge in [0.2, 0.25) is 0 Å². The highest BCUT2D eigenvalue weighted by molar-refractivity contribution is 5.42. The molecule has 0 amide bonds. The van der Waals surface area contributed by atoms with Crippen LogP contribution in [0.25, 0.3) is 5.52 Å². The first-order valence-electron chi connectivity index (χ1n) is 6.99. The molecule has 2 aromatic heterocycles. The maximum absolute atomic E-state index is 12.3. The van der Waals surface area contributed by atoms with Crippen molar-refractivity contribution in [1.82, 2.24) is 19.5 Å². The third-order valence-electron chi connectivity index (χ3n) is 4.27. The lowest BCUT2D eigenvalue weighted by atomic mass is 9.98. The van der Waals surface area contributed by atoms with E-state index in [1.54, 1.807) is 21.3 Å². The van der Waals surface area contributed by atoms with Crippen LogP contribution in [0.15, 0.2) is 29.5 Å². The zero-order valence-corrected chi connectivity index (χ0v) is 11.2. The van der Waals surface area contributed by atoms with Gasteiger partial charge in [0.05, 0.1) is 6.20 Å². The molecule has 3 rings (SSSR count).